The fourth-order valence-electron chi connectivity index (χ4n) is 2.02. The standard InChI is InChI=1S/C15H18BN3O/c1-12-8-14(15(10-17)11-18)9-13(2)19(12)5-7-20-6-3-4-16/h8-9H,3-7H2,1-2H3. The lowest BCUT2D eigenvalue weighted by Gasteiger charge is -2.29. The first-order valence-electron chi connectivity index (χ1n) is 6.60. The summed E-state index contributed by atoms with van der Waals surface area (Å²) < 4.78 is 5.50. The van der Waals surface area contributed by atoms with E-state index in [9.17, 15) is 0 Å². The van der Waals surface area contributed by atoms with Crippen molar-refractivity contribution in [3.8, 4) is 12.1 Å². The van der Waals surface area contributed by atoms with Gasteiger partial charge < -0.3 is 9.64 Å². The molecular formula is C15H18BN3O. The van der Waals surface area contributed by atoms with Crippen LogP contribution in [0, 0.1) is 22.7 Å². The number of hydrogen-bond acceptors (Lipinski definition) is 4. The fraction of sp³-hybridized carbons (Fsp3) is 0.467. The molecule has 20 heavy (non-hydrogen) atoms. The predicted molar refractivity (Wildman–Crippen MR) is 78.5 cm³/mol. The van der Waals surface area contributed by atoms with Gasteiger partial charge in [-0.05, 0) is 32.4 Å². The summed E-state index contributed by atoms with van der Waals surface area (Å²) >= 11 is 0. The van der Waals surface area contributed by atoms with Crippen molar-refractivity contribution in [1.29, 1.82) is 10.5 Å². The van der Waals surface area contributed by atoms with Crippen LogP contribution in [0.2, 0.25) is 6.32 Å². The second-order valence-corrected chi connectivity index (χ2v) is 4.53. The Hall–Kier alpha value is -1.98. The Bertz CT molecular complexity index is 482. The maximum absolute atomic E-state index is 8.91. The lowest BCUT2D eigenvalue weighted by molar-refractivity contribution is 0.120. The molecule has 0 amide bonds. The largest absolute Gasteiger partial charge is 0.380 e. The van der Waals surface area contributed by atoms with Gasteiger partial charge in [0.2, 0.25) is 0 Å². The molecule has 0 unspecified atom stereocenters. The summed E-state index contributed by atoms with van der Waals surface area (Å²) in [6, 6.07) is 3.84. The van der Waals surface area contributed by atoms with E-state index in [1.807, 2.05) is 38.1 Å². The van der Waals surface area contributed by atoms with Gasteiger partial charge in [0.1, 0.15) is 17.7 Å². The summed E-state index contributed by atoms with van der Waals surface area (Å²) in [5.74, 6) is 0. The number of hydrogen-bond donors (Lipinski definition) is 0. The number of ether oxygens (including phenoxy) is 1. The maximum Gasteiger partial charge on any atom is 0.137 e. The molecule has 1 aliphatic rings. The molecule has 0 aromatic heterocycles. The average molecular weight is 267 g/mol. The van der Waals surface area contributed by atoms with E-state index in [0.717, 1.165) is 24.4 Å². The first-order valence-corrected chi connectivity index (χ1v) is 6.60. The van der Waals surface area contributed by atoms with E-state index in [1.165, 1.54) is 0 Å². The van der Waals surface area contributed by atoms with Crippen LogP contribution in [0.5, 0.6) is 0 Å². The molecule has 1 rings (SSSR count). The smallest absolute Gasteiger partial charge is 0.137 e. The number of allylic oxidation sites excluding steroid dienone is 6. The van der Waals surface area contributed by atoms with Gasteiger partial charge >= 0.3 is 0 Å². The van der Waals surface area contributed by atoms with Crippen molar-refractivity contribution in [2.75, 3.05) is 19.8 Å². The van der Waals surface area contributed by atoms with Crippen LogP contribution in [0.1, 0.15) is 20.3 Å². The molecule has 0 atom stereocenters. The molecule has 0 fully saturated rings. The second-order valence-electron chi connectivity index (χ2n) is 4.53. The summed E-state index contributed by atoms with van der Waals surface area (Å²) in [6.45, 7) is 5.97. The first kappa shape index (κ1) is 16.1. The molecule has 0 saturated carbocycles. The molecule has 1 heterocycles. The molecule has 0 bridgehead atoms. The van der Waals surface area contributed by atoms with Crippen molar-refractivity contribution in [3.05, 3.63) is 34.7 Å². The Morgan fingerprint density at radius 2 is 1.80 bits per heavy atom. The molecule has 0 aromatic rings. The molecule has 0 aliphatic carbocycles. The van der Waals surface area contributed by atoms with Crippen molar-refractivity contribution in [2.45, 2.75) is 26.6 Å². The minimum Gasteiger partial charge on any atom is -0.380 e. The molecule has 5 heteroatoms. The minimum absolute atomic E-state index is 0.141. The highest BCUT2D eigenvalue weighted by Gasteiger charge is 2.15. The molecule has 0 spiro atoms. The van der Waals surface area contributed by atoms with E-state index in [1.54, 1.807) is 0 Å². The van der Waals surface area contributed by atoms with Gasteiger partial charge in [-0.1, -0.05) is 6.32 Å². The van der Waals surface area contributed by atoms with Crippen LogP contribution in [0.3, 0.4) is 0 Å². The van der Waals surface area contributed by atoms with Crippen LogP contribution in [-0.2, 0) is 4.74 Å². The van der Waals surface area contributed by atoms with Gasteiger partial charge in [-0.3, -0.25) is 0 Å². The quantitative estimate of drug-likeness (QED) is 0.421. The molecule has 4 nitrogen and oxygen atoms in total. The third kappa shape index (κ3) is 4.29. The monoisotopic (exact) mass is 267 g/mol. The Kier molecular flexibility index (Phi) is 6.63. The highest BCUT2D eigenvalue weighted by atomic mass is 16.5. The number of nitrogens with zero attached hydrogens (tertiary/aromatic N) is 3. The normalized spacial score (nSPS) is 14.2. The first-order chi connectivity index (χ1) is 9.63. The Morgan fingerprint density at radius 3 is 2.30 bits per heavy atom. The van der Waals surface area contributed by atoms with E-state index >= 15 is 0 Å². The van der Waals surface area contributed by atoms with E-state index in [2.05, 4.69) is 4.90 Å². The van der Waals surface area contributed by atoms with Crippen LogP contribution in [0.15, 0.2) is 34.7 Å². The predicted octanol–water partition coefficient (Wildman–Crippen LogP) is 2.45. The van der Waals surface area contributed by atoms with Gasteiger partial charge in [0.05, 0.1) is 14.5 Å². The summed E-state index contributed by atoms with van der Waals surface area (Å²) in [5.41, 5.74) is 2.82. The molecule has 0 aromatic carbocycles. The van der Waals surface area contributed by atoms with Crippen LogP contribution in [0.25, 0.3) is 0 Å². The molecule has 102 valence electrons. The fourth-order valence-corrected chi connectivity index (χ4v) is 2.02. The molecule has 0 saturated heterocycles. The van der Waals surface area contributed by atoms with Crippen molar-refractivity contribution >= 4 is 7.85 Å². The summed E-state index contributed by atoms with van der Waals surface area (Å²) in [7, 11) is 5.40. The lowest BCUT2D eigenvalue weighted by atomic mass is 10.0. The van der Waals surface area contributed by atoms with Gasteiger partial charge in [-0.15, -0.1) is 0 Å². The minimum atomic E-state index is 0.141. The van der Waals surface area contributed by atoms with Crippen LogP contribution in [0.4, 0.5) is 0 Å². The van der Waals surface area contributed by atoms with Gasteiger partial charge in [-0.25, -0.2) is 0 Å². The highest BCUT2D eigenvalue weighted by Crippen LogP contribution is 2.24. The average Bonchev–Trinajstić information content (AvgIpc) is 2.42. The van der Waals surface area contributed by atoms with E-state index in [0.29, 0.717) is 25.1 Å². The van der Waals surface area contributed by atoms with Gasteiger partial charge in [0, 0.05) is 30.1 Å². The zero-order chi connectivity index (χ0) is 15.0. The third-order valence-electron chi connectivity index (χ3n) is 3.04. The third-order valence-corrected chi connectivity index (χ3v) is 3.04. The molecular weight excluding hydrogens is 249 g/mol. The van der Waals surface area contributed by atoms with Crippen molar-refractivity contribution in [3.63, 3.8) is 0 Å². The van der Waals surface area contributed by atoms with Crippen LogP contribution in [-0.4, -0.2) is 32.5 Å². The molecule has 2 radical (unpaired) electrons. The van der Waals surface area contributed by atoms with Crippen molar-refractivity contribution in [1.82, 2.24) is 4.90 Å². The summed E-state index contributed by atoms with van der Waals surface area (Å²) in [6.07, 6.45) is 5.22. The Morgan fingerprint density at radius 1 is 1.20 bits per heavy atom. The van der Waals surface area contributed by atoms with E-state index < -0.39 is 0 Å². The lowest BCUT2D eigenvalue weighted by Crippen LogP contribution is -2.26. The van der Waals surface area contributed by atoms with E-state index in [4.69, 9.17) is 23.1 Å². The highest BCUT2D eigenvalue weighted by molar-refractivity contribution is 6.08. The summed E-state index contributed by atoms with van der Waals surface area (Å²) in [4.78, 5) is 2.11. The topological polar surface area (TPSA) is 60.0 Å². The maximum atomic E-state index is 8.91. The zero-order valence-corrected chi connectivity index (χ0v) is 12.0. The van der Waals surface area contributed by atoms with Gasteiger partial charge in [-0.2, -0.15) is 10.5 Å². The van der Waals surface area contributed by atoms with Crippen molar-refractivity contribution in [2.24, 2.45) is 0 Å². The summed E-state index contributed by atoms with van der Waals surface area (Å²) in [5, 5.41) is 17.8. The van der Waals surface area contributed by atoms with Crippen LogP contribution < -0.4 is 0 Å². The SMILES string of the molecule is [B]CCCOCCN1C(C)=CC(=C(C#N)C#N)C=C1C. The number of rotatable bonds is 6. The Balaban J connectivity index is 2.69. The van der Waals surface area contributed by atoms with Gasteiger partial charge in [0.15, 0.2) is 0 Å². The second kappa shape index (κ2) is 8.25. The van der Waals surface area contributed by atoms with Crippen LogP contribution >= 0.6 is 0 Å². The van der Waals surface area contributed by atoms with E-state index in [-0.39, 0.29) is 5.57 Å². The zero-order valence-electron chi connectivity index (χ0n) is 12.0. The van der Waals surface area contributed by atoms with Crippen molar-refractivity contribution < 1.29 is 4.74 Å². The molecule has 0 N–H and O–H groups in total. The molecule has 1 aliphatic heterocycles. The Labute approximate surface area is 122 Å². The van der Waals surface area contributed by atoms with Gasteiger partial charge in [0.25, 0.3) is 0 Å². The number of nitriles is 2.